The molecule has 2 aliphatic heterocycles. The molecule has 0 aromatic heterocycles. The predicted octanol–water partition coefficient (Wildman–Crippen LogP) is 3.54. The van der Waals surface area contributed by atoms with Gasteiger partial charge in [-0.1, -0.05) is 35.3 Å². The number of nitrogens with zero attached hydrogens (tertiary/aromatic N) is 2. The highest BCUT2D eigenvalue weighted by molar-refractivity contribution is 7.89. The molecular formula is C24H29Cl2N3O5S2. The van der Waals surface area contributed by atoms with Crippen molar-refractivity contribution in [3.63, 3.8) is 0 Å². The van der Waals surface area contributed by atoms with Gasteiger partial charge in [-0.2, -0.15) is 8.61 Å². The summed E-state index contributed by atoms with van der Waals surface area (Å²) in [5.41, 5.74) is 0.902. The second-order valence-corrected chi connectivity index (χ2v) is 13.8. The molecule has 2 saturated heterocycles. The van der Waals surface area contributed by atoms with E-state index in [2.05, 4.69) is 5.32 Å². The first kappa shape index (κ1) is 27.3. The number of nitrogens with one attached hydrogen (secondary N) is 1. The standard InChI is InChI=1S/C24H29Cl2N3O5S2/c25-20-7-10-22(26)23(16-20)36(33,34)29-15-3-4-19(17-29)24(30)27-12-11-18-5-8-21(9-6-18)35(31,32)28-13-1-2-14-28/h5-10,16,19H,1-4,11-15,17H2,(H,27,30)/t19-/m0/s1. The molecule has 2 heterocycles. The molecule has 0 unspecified atom stereocenters. The largest absolute Gasteiger partial charge is 0.355 e. The van der Waals surface area contributed by atoms with E-state index in [-0.39, 0.29) is 32.3 Å². The highest BCUT2D eigenvalue weighted by Crippen LogP contribution is 2.30. The van der Waals surface area contributed by atoms with E-state index in [0.29, 0.717) is 45.4 Å². The third kappa shape index (κ3) is 6.06. The van der Waals surface area contributed by atoms with Crippen LogP contribution in [0.15, 0.2) is 52.3 Å². The van der Waals surface area contributed by atoms with Crippen molar-refractivity contribution in [3.05, 3.63) is 58.1 Å². The van der Waals surface area contributed by atoms with E-state index in [1.54, 1.807) is 24.3 Å². The first-order chi connectivity index (χ1) is 17.1. The van der Waals surface area contributed by atoms with Crippen molar-refractivity contribution < 1.29 is 21.6 Å². The molecule has 8 nitrogen and oxygen atoms in total. The topological polar surface area (TPSA) is 104 Å². The molecule has 0 aliphatic carbocycles. The molecule has 2 aromatic rings. The summed E-state index contributed by atoms with van der Waals surface area (Å²) in [6.45, 7) is 1.85. The molecule has 196 valence electrons. The lowest BCUT2D eigenvalue weighted by Crippen LogP contribution is -2.45. The van der Waals surface area contributed by atoms with Crippen molar-refractivity contribution in [2.45, 2.75) is 41.9 Å². The molecule has 1 amide bonds. The third-order valence-electron chi connectivity index (χ3n) is 6.61. The van der Waals surface area contributed by atoms with Crippen LogP contribution in [-0.4, -0.2) is 64.1 Å². The summed E-state index contributed by atoms with van der Waals surface area (Å²) in [5, 5.41) is 3.25. The van der Waals surface area contributed by atoms with Crippen LogP contribution in [0.5, 0.6) is 0 Å². The second-order valence-electron chi connectivity index (χ2n) is 9.07. The second kappa shape index (κ2) is 11.4. The van der Waals surface area contributed by atoms with Crippen LogP contribution >= 0.6 is 23.2 Å². The van der Waals surface area contributed by atoms with Gasteiger partial charge in [0.2, 0.25) is 26.0 Å². The van der Waals surface area contributed by atoms with Gasteiger partial charge in [0.1, 0.15) is 4.90 Å². The van der Waals surface area contributed by atoms with E-state index in [1.165, 1.54) is 26.8 Å². The molecular weight excluding hydrogens is 545 g/mol. The molecule has 0 radical (unpaired) electrons. The van der Waals surface area contributed by atoms with Crippen molar-refractivity contribution in [1.82, 2.24) is 13.9 Å². The van der Waals surface area contributed by atoms with Crippen LogP contribution in [0.4, 0.5) is 0 Å². The highest BCUT2D eigenvalue weighted by atomic mass is 35.5. The van der Waals surface area contributed by atoms with Gasteiger partial charge in [0.05, 0.1) is 15.8 Å². The first-order valence-electron chi connectivity index (χ1n) is 11.9. The lowest BCUT2D eigenvalue weighted by atomic mass is 9.99. The SMILES string of the molecule is O=C(NCCc1ccc(S(=O)(=O)N2CCCC2)cc1)[C@H]1CCCN(S(=O)(=O)c2cc(Cl)ccc2Cl)C1. The van der Waals surface area contributed by atoms with Crippen molar-refractivity contribution in [1.29, 1.82) is 0 Å². The number of sulfonamides is 2. The molecule has 0 bridgehead atoms. The Bertz CT molecular complexity index is 1310. The Morgan fingerprint density at radius 3 is 2.25 bits per heavy atom. The first-order valence-corrected chi connectivity index (χ1v) is 15.5. The maximum absolute atomic E-state index is 13.1. The summed E-state index contributed by atoms with van der Waals surface area (Å²) in [6, 6.07) is 11.0. The molecule has 0 saturated carbocycles. The maximum atomic E-state index is 13.1. The summed E-state index contributed by atoms with van der Waals surface area (Å²) in [4.78, 5) is 13.0. The van der Waals surface area contributed by atoms with Gasteiger partial charge >= 0.3 is 0 Å². The van der Waals surface area contributed by atoms with Crippen LogP contribution in [0, 0.1) is 5.92 Å². The van der Waals surface area contributed by atoms with Crippen LogP contribution in [-0.2, 0) is 31.3 Å². The number of carbonyl (C=O) groups excluding carboxylic acids is 1. The lowest BCUT2D eigenvalue weighted by molar-refractivity contribution is -0.126. The van der Waals surface area contributed by atoms with E-state index >= 15 is 0 Å². The average Bonchev–Trinajstić information content (AvgIpc) is 3.42. The maximum Gasteiger partial charge on any atom is 0.244 e. The number of benzene rings is 2. The van der Waals surface area contributed by atoms with Crippen molar-refractivity contribution in [2.24, 2.45) is 5.92 Å². The molecule has 2 aromatic carbocycles. The Balaban J connectivity index is 1.32. The van der Waals surface area contributed by atoms with Gasteiger partial charge in [-0.05, 0) is 68.0 Å². The summed E-state index contributed by atoms with van der Waals surface area (Å²) in [7, 11) is -7.34. The average molecular weight is 575 g/mol. The Hall–Kier alpha value is -1.69. The van der Waals surface area contributed by atoms with Crippen LogP contribution in [0.2, 0.25) is 10.0 Å². The summed E-state index contributed by atoms with van der Waals surface area (Å²) >= 11 is 12.1. The quantitative estimate of drug-likeness (QED) is 0.520. The minimum atomic E-state index is -3.88. The van der Waals surface area contributed by atoms with E-state index in [1.807, 2.05) is 0 Å². The lowest BCUT2D eigenvalue weighted by Gasteiger charge is -2.31. The number of halogens is 2. The zero-order chi connectivity index (χ0) is 25.9. The molecule has 4 rings (SSSR count). The van der Waals surface area contributed by atoms with E-state index < -0.39 is 26.0 Å². The normalized spacial score (nSPS) is 19.9. The Labute approximate surface area is 222 Å². The van der Waals surface area contributed by atoms with Crippen LogP contribution < -0.4 is 5.32 Å². The summed E-state index contributed by atoms with van der Waals surface area (Å²) in [5.74, 6) is -0.681. The molecule has 1 atom stereocenters. The third-order valence-corrected chi connectivity index (χ3v) is 11.1. The number of amides is 1. The van der Waals surface area contributed by atoms with E-state index in [4.69, 9.17) is 23.2 Å². The van der Waals surface area contributed by atoms with Crippen molar-refractivity contribution in [2.75, 3.05) is 32.7 Å². The highest BCUT2D eigenvalue weighted by Gasteiger charge is 2.34. The minimum absolute atomic E-state index is 0.0621. The molecule has 1 N–H and O–H groups in total. The minimum Gasteiger partial charge on any atom is -0.355 e. The number of rotatable bonds is 8. The fraction of sp³-hybridized carbons (Fsp3) is 0.458. The Morgan fingerprint density at radius 1 is 0.889 bits per heavy atom. The zero-order valence-corrected chi connectivity index (χ0v) is 22.8. The van der Waals surface area contributed by atoms with Gasteiger partial charge in [-0.25, -0.2) is 16.8 Å². The molecule has 0 spiro atoms. The van der Waals surface area contributed by atoms with Gasteiger partial charge in [-0.3, -0.25) is 4.79 Å². The molecule has 2 aliphatic rings. The number of carbonyl (C=O) groups is 1. The van der Waals surface area contributed by atoms with E-state index in [9.17, 15) is 21.6 Å². The van der Waals surface area contributed by atoms with Crippen LogP contribution in [0.25, 0.3) is 0 Å². The van der Waals surface area contributed by atoms with Crippen LogP contribution in [0.3, 0.4) is 0 Å². The number of hydrogen-bond acceptors (Lipinski definition) is 5. The molecule has 2 fully saturated rings. The fourth-order valence-corrected chi connectivity index (χ4v) is 8.35. The summed E-state index contributed by atoms with van der Waals surface area (Å²) < 4.78 is 54.3. The van der Waals surface area contributed by atoms with Gasteiger partial charge in [0.15, 0.2) is 0 Å². The van der Waals surface area contributed by atoms with Gasteiger partial charge in [0, 0.05) is 37.7 Å². The van der Waals surface area contributed by atoms with E-state index in [0.717, 1.165) is 18.4 Å². The summed E-state index contributed by atoms with van der Waals surface area (Å²) in [6.07, 6.45) is 3.45. The van der Waals surface area contributed by atoms with Crippen molar-refractivity contribution in [3.8, 4) is 0 Å². The number of hydrogen-bond donors (Lipinski definition) is 1. The number of piperidine rings is 1. The predicted molar refractivity (Wildman–Crippen MR) is 139 cm³/mol. The molecule has 12 heteroatoms. The smallest absolute Gasteiger partial charge is 0.244 e. The van der Waals surface area contributed by atoms with Gasteiger partial charge in [-0.15, -0.1) is 0 Å². The zero-order valence-electron chi connectivity index (χ0n) is 19.7. The van der Waals surface area contributed by atoms with Crippen LogP contribution in [0.1, 0.15) is 31.2 Å². The monoisotopic (exact) mass is 573 g/mol. The Morgan fingerprint density at radius 2 is 1.56 bits per heavy atom. The van der Waals surface area contributed by atoms with Gasteiger partial charge in [0.25, 0.3) is 0 Å². The molecule has 36 heavy (non-hydrogen) atoms. The van der Waals surface area contributed by atoms with Gasteiger partial charge < -0.3 is 5.32 Å². The van der Waals surface area contributed by atoms with Crippen molar-refractivity contribution >= 4 is 49.2 Å². The fourth-order valence-electron chi connectivity index (χ4n) is 4.57. The Kier molecular flexibility index (Phi) is 8.63.